The van der Waals surface area contributed by atoms with Gasteiger partial charge in [-0.25, -0.2) is 4.39 Å². The highest BCUT2D eigenvalue weighted by molar-refractivity contribution is 6.30. The fraction of sp³-hybridized carbons (Fsp3) is 0.500. The van der Waals surface area contributed by atoms with Gasteiger partial charge in [-0.1, -0.05) is 17.7 Å². The van der Waals surface area contributed by atoms with Crippen molar-refractivity contribution >= 4 is 11.6 Å². The Labute approximate surface area is 110 Å². The van der Waals surface area contributed by atoms with Crippen molar-refractivity contribution < 1.29 is 9.13 Å². The predicted octanol–water partition coefficient (Wildman–Crippen LogP) is 3.48. The van der Waals surface area contributed by atoms with Crippen LogP contribution >= 0.6 is 11.6 Å². The molecule has 2 bridgehead atoms. The average Bonchev–Trinajstić information content (AvgIpc) is 2.93. The highest BCUT2D eigenvalue weighted by Crippen LogP contribution is 2.49. The van der Waals surface area contributed by atoms with E-state index in [0.29, 0.717) is 17.0 Å². The largest absolute Gasteiger partial charge is 0.373 e. The van der Waals surface area contributed by atoms with Crippen molar-refractivity contribution in [2.24, 2.45) is 5.41 Å². The molecule has 2 aliphatic rings. The molecule has 2 fully saturated rings. The minimum absolute atomic E-state index is 0.0393. The molecule has 2 nitrogen and oxygen atoms in total. The Bertz CT molecular complexity index is 527. The van der Waals surface area contributed by atoms with Gasteiger partial charge in [0, 0.05) is 5.02 Å². The van der Waals surface area contributed by atoms with E-state index in [-0.39, 0.29) is 18.0 Å². The second-order valence-corrected chi connectivity index (χ2v) is 5.65. The normalized spacial score (nSPS) is 33.6. The zero-order valence-electron chi connectivity index (χ0n) is 9.83. The molecular formula is C14H13ClFNO. The van der Waals surface area contributed by atoms with E-state index in [1.54, 1.807) is 12.1 Å². The van der Waals surface area contributed by atoms with Gasteiger partial charge in [0.15, 0.2) is 0 Å². The van der Waals surface area contributed by atoms with Crippen LogP contribution in [0.5, 0.6) is 0 Å². The van der Waals surface area contributed by atoms with Crippen LogP contribution in [0, 0.1) is 22.6 Å². The summed E-state index contributed by atoms with van der Waals surface area (Å²) in [6, 6.07) is 7.01. The van der Waals surface area contributed by atoms with Gasteiger partial charge in [-0.2, -0.15) is 5.26 Å². The number of nitriles is 1. The first kappa shape index (κ1) is 12.0. The number of hydrogen-bond donors (Lipinski definition) is 0. The predicted molar refractivity (Wildman–Crippen MR) is 65.7 cm³/mol. The van der Waals surface area contributed by atoms with Gasteiger partial charge in [-0.15, -0.1) is 0 Å². The maximum atomic E-state index is 13.8. The molecule has 0 aliphatic carbocycles. The van der Waals surface area contributed by atoms with Crippen molar-refractivity contribution in [1.82, 2.24) is 0 Å². The Morgan fingerprint density at radius 2 is 2.33 bits per heavy atom. The summed E-state index contributed by atoms with van der Waals surface area (Å²) in [5.41, 5.74) is -0.00508. The smallest absolute Gasteiger partial charge is 0.127 e. The summed E-state index contributed by atoms with van der Waals surface area (Å²) in [6.45, 7) is 0. The third-order valence-electron chi connectivity index (χ3n) is 4.06. The topological polar surface area (TPSA) is 33.0 Å². The lowest BCUT2D eigenvalue weighted by atomic mass is 9.71. The van der Waals surface area contributed by atoms with E-state index in [0.717, 1.165) is 19.3 Å². The molecule has 3 unspecified atom stereocenters. The highest BCUT2D eigenvalue weighted by Gasteiger charge is 2.53. The van der Waals surface area contributed by atoms with Crippen molar-refractivity contribution in [1.29, 1.82) is 5.26 Å². The van der Waals surface area contributed by atoms with Crippen LogP contribution in [0.2, 0.25) is 5.02 Å². The van der Waals surface area contributed by atoms with E-state index in [2.05, 4.69) is 6.07 Å². The van der Waals surface area contributed by atoms with Gasteiger partial charge in [-0.3, -0.25) is 0 Å². The molecule has 0 amide bonds. The third-order valence-corrected chi connectivity index (χ3v) is 4.29. The lowest BCUT2D eigenvalue weighted by Gasteiger charge is -2.28. The minimum atomic E-state index is -0.558. The number of halogens is 2. The van der Waals surface area contributed by atoms with Crippen LogP contribution in [0.1, 0.15) is 24.8 Å². The average molecular weight is 266 g/mol. The molecule has 0 saturated carbocycles. The van der Waals surface area contributed by atoms with Crippen LogP contribution in [0.4, 0.5) is 4.39 Å². The number of nitrogens with zero attached hydrogens (tertiary/aromatic N) is 1. The molecule has 0 aromatic heterocycles. The fourth-order valence-corrected chi connectivity index (χ4v) is 3.31. The Hall–Kier alpha value is -1.11. The van der Waals surface area contributed by atoms with Crippen molar-refractivity contribution in [2.75, 3.05) is 0 Å². The lowest BCUT2D eigenvalue weighted by molar-refractivity contribution is 0.0785. The lowest BCUT2D eigenvalue weighted by Crippen LogP contribution is -2.33. The van der Waals surface area contributed by atoms with Crippen molar-refractivity contribution in [2.45, 2.75) is 37.9 Å². The second-order valence-electron chi connectivity index (χ2n) is 5.21. The molecule has 94 valence electrons. The molecule has 3 rings (SSSR count). The maximum Gasteiger partial charge on any atom is 0.127 e. The number of rotatable bonds is 2. The SMILES string of the molecule is N#CC1(Cc2ccc(Cl)cc2F)CC2CCC1O2. The number of fused-ring (bicyclic) bond motifs is 2. The van der Waals surface area contributed by atoms with Gasteiger partial charge in [0.2, 0.25) is 0 Å². The summed E-state index contributed by atoms with van der Waals surface area (Å²) in [4.78, 5) is 0. The van der Waals surface area contributed by atoms with E-state index in [4.69, 9.17) is 16.3 Å². The summed E-state index contributed by atoms with van der Waals surface area (Å²) in [6.07, 6.45) is 3.21. The summed E-state index contributed by atoms with van der Waals surface area (Å²) in [5.74, 6) is -0.333. The van der Waals surface area contributed by atoms with Gasteiger partial charge in [0.25, 0.3) is 0 Å². The Morgan fingerprint density at radius 3 is 2.89 bits per heavy atom. The van der Waals surface area contributed by atoms with Gasteiger partial charge in [0.1, 0.15) is 5.82 Å². The Morgan fingerprint density at radius 1 is 1.50 bits per heavy atom. The first-order valence-corrected chi connectivity index (χ1v) is 6.51. The first-order valence-electron chi connectivity index (χ1n) is 6.14. The third kappa shape index (κ3) is 1.81. The molecule has 0 N–H and O–H groups in total. The Kier molecular flexibility index (Phi) is 2.80. The molecule has 0 spiro atoms. The van der Waals surface area contributed by atoms with Crippen LogP contribution in [-0.4, -0.2) is 12.2 Å². The van der Waals surface area contributed by atoms with Crippen LogP contribution in [0.15, 0.2) is 18.2 Å². The summed E-state index contributed by atoms with van der Waals surface area (Å²) >= 11 is 5.74. The van der Waals surface area contributed by atoms with Crippen LogP contribution in [0.25, 0.3) is 0 Å². The van der Waals surface area contributed by atoms with Gasteiger partial charge in [-0.05, 0) is 43.4 Å². The summed E-state index contributed by atoms with van der Waals surface area (Å²) in [5, 5.41) is 9.85. The molecule has 0 radical (unpaired) electrons. The number of benzene rings is 1. The number of hydrogen-bond acceptors (Lipinski definition) is 2. The highest BCUT2D eigenvalue weighted by atomic mass is 35.5. The fourth-order valence-electron chi connectivity index (χ4n) is 3.15. The van der Waals surface area contributed by atoms with E-state index in [1.165, 1.54) is 6.07 Å². The number of ether oxygens (including phenoxy) is 1. The quantitative estimate of drug-likeness (QED) is 0.820. The molecule has 2 heterocycles. The van der Waals surface area contributed by atoms with Gasteiger partial charge < -0.3 is 4.74 Å². The van der Waals surface area contributed by atoms with E-state index < -0.39 is 5.41 Å². The second kappa shape index (κ2) is 4.22. The summed E-state index contributed by atoms with van der Waals surface area (Å²) < 4.78 is 19.6. The maximum absolute atomic E-state index is 13.8. The molecule has 2 aliphatic heterocycles. The zero-order chi connectivity index (χ0) is 12.8. The van der Waals surface area contributed by atoms with Gasteiger partial charge >= 0.3 is 0 Å². The van der Waals surface area contributed by atoms with Crippen molar-refractivity contribution in [3.05, 3.63) is 34.6 Å². The Balaban J connectivity index is 1.89. The van der Waals surface area contributed by atoms with Crippen LogP contribution in [-0.2, 0) is 11.2 Å². The van der Waals surface area contributed by atoms with Crippen LogP contribution < -0.4 is 0 Å². The van der Waals surface area contributed by atoms with E-state index >= 15 is 0 Å². The van der Waals surface area contributed by atoms with E-state index in [1.807, 2.05) is 0 Å². The molecule has 2 saturated heterocycles. The molecule has 1 aromatic carbocycles. The monoisotopic (exact) mass is 265 g/mol. The molecule has 3 atom stereocenters. The standard InChI is InChI=1S/C14H13ClFNO/c15-10-2-1-9(12(16)5-10)6-14(8-17)7-11-3-4-13(14)18-11/h1-2,5,11,13H,3-4,6-7H2. The first-order chi connectivity index (χ1) is 8.63. The van der Waals surface area contributed by atoms with Crippen LogP contribution in [0.3, 0.4) is 0 Å². The summed E-state index contributed by atoms with van der Waals surface area (Å²) in [7, 11) is 0. The molecule has 18 heavy (non-hydrogen) atoms. The van der Waals surface area contributed by atoms with Crippen molar-refractivity contribution in [3.8, 4) is 6.07 Å². The zero-order valence-corrected chi connectivity index (χ0v) is 10.6. The molecule has 1 aromatic rings. The van der Waals surface area contributed by atoms with Crippen molar-refractivity contribution in [3.63, 3.8) is 0 Å². The molecule has 4 heteroatoms. The van der Waals surface area contributed by atoms with E-state index in [9.17, 15) is 9.65 Å². The minimum Gasteiger partial charge on any atom is -0.373 e. The van der Waals surface area contributed by atoms with Gasteiger partial charge in [0.05, 0.1) is 23.7 Å². The molecular weight excluding hydrogens is 253 g/mol.